The van der Waals surface area contributed by atoms with Crippen LogP contribution in [0.25, 0.3) is 16.7 Å². The number of nitrogens with zero attached hydrogens (tertiary/aromatic N) is 2. The van der Waals surface area contributed by atoms with Gasteiger partial charge in [-0.05, 0) is 66.3 Å². The zero-order chi connectivity index (χ0) is 29.1. The molecular formula is C31H28ClF2N3O4. The van der Waals surface area contributed by atoms with Crippen LogP contribution in [0.15, 0.2) is 54.7 Å². The SMILES string of the molecule is COC(=O)Cc1ccc2c(c1)NC(=O)CCCC[C@H](N1CCC(c3c(F)ccc(Cl)c3F)=CC1=O)c1cc-2ccn1. The molecule has 1 atom stereocenters. The first kappa shape index (κ1) is 28.4. The summed E-state index contributed by atoms with van der Waals surface area (Å²) in [7, 11) is 1.32. The molecule has 10 heteroatoms. The van der Waals surface area contributed by atoms with Crippen molar-refractivity contribution in [1.29, 1.82) is 0 Å². The van der Waals surface area contributed by atoms with E-state index in [-0.39, 0.29) is 59.8 Å². The zero-order valence-electron chi connectivity index (χ0n) is 22.4. The second kappa shape index (κ2) is 12.2. The number of carbonyl (C=O) groups excluding carboxylic acids is 3. The number of hydrogen-bond acceptors (Lipinski definition) is 5. The first-order chi connectivity index (χ1) is 19.7. The standard InChI is InChI=1S/C31H28ClF2N3O4/c1-41-29(40)15-18-6-7-21-19-10-12-35-25(16-19)26(4-2-3-5-27(38)36-24(21)14-18)37-13-11-20(17-28(37)39)30-23(33)9-8-22(32)31(30)34/h6-10,12,14,16-17,26H,2-5,11,13,15H2,1H3,(H,36,38)/t26-/m0/s1. The molecule has 1 aromatic heterocycles. The van der Waals surface area contributed by atoms with Crippen molar-refractivity contribution < 1.29 is 27.9 Å². The van der Waals surface area contributed by atoms with E-state index in [1.807, 2.05) is 18.2 Å². The van der Waals surface area contributed by atoms with Crippen LogP contribution >= 0.6 is 11.6 Å². The fourth-order valence-electron chi connectivity index (χ4n) is 5.38. The molecule has 0 aliphatic carbocycles. The van der Waals surface area contributed by atoms with E-state index in [4.69, 9.17) is 16.3 Å². The van der Waals surface area contributed by atoms with Gasteiger partial charge in [-0.3, -0.25) is 19.4 Å². The van der Waals surface area contributed by atoms with E-state index in [2.05, 4.69) is 10.3 Å². The van der Waals surface area contributed by atoms with Crippen LogP contribution in [0.5, 0.6) is 0 Å². The Bertz CT molecular complexity index is 1560. The Hall–Kier alpha value is -4.11. The van der Waals surface area contributed by atoms with E-state index in [1.54, 1.807) is 23.2 Å². The van der Waals surface area contributed by atoms with Crippen LogP contribution in [0.1, 0.15) is 55.0 Å². The summed E-state index contributed by atoms with van der Waals surface area (Å²) in [6.45, 7) is 0.237. The fraction of sp³-hybridized carbons (Fsp3) is 0.290. The molecule has 2 amide bonds. The van der Waals surface area contributed by atoms with Gasteiger partial charge in [0.25, 0.3) is 0 Å². The van der Waals surface area contributed by atoms with Gasteiger partial charge in [0.15, 0.2) is 5.82 Å². The molecule has 2 aromatic carbocycles. The monoisotopic (exact) mass is 579 g/mol. The highest BCUT2D eigenvalue weighted by Crippen LogP contribution is 2.37. The molecule has 0 radical (unpaired) electrons. The number of hydrogen-bond donors (Lipinski definition) is 1. The summed E-state index contributed by atoms with van der Waals surface area (Å²) in [5, 5.41) is 2.77. The predicted molar refractivity (Wildman–Crippen MR) is 151 cm³/mol. The number of methoxy groups -OCH3 is 1. The lowest BCUT2D eigenvalue weighted by Gasteiger charge is -2.34. The molecule has 3 aromatic rings. The molecule has 2 aliphatic heterocycles. The molecule has 0 fully saturated rings. The summed E-state index contributed by atoms with van der Waals surface area (Å²) in [5.41, 5.74) is 3.44. The molecule has 1 N–H and O–H groups in total. The average Bonchev–Trinajstić information content (AvgIpc) is 2.95. The van der Waals surface area contributed by atoms with Crippen molar-refractivity contribution >= 4 is 40.6 Å². The second-order valence-corrected chi connectivity index (χ2v) is 10.5. The Morgan fingerprint density at radius 3 is 2.73 bits per heavy atom. The van der Waals surface area contributed by atoms with Gasteiger partial charge in [-0.2, -0.15) is 0 Å². The first-order valence-electron chi connectivity index (χ1n) is 13.4. The predicted octanol–water partition coefficient (Wildman–Crippen LogP) is 6.27. The highest BCUT2D eigenvalue weighted by Gasteiger charge is 2.31. The maximum Gasteiger partial charge on any atom is 0.309 e. The molecule has 41 heavy (non-hydrogen) atoms. The van der Waals surface area contributed by atoms with Crippen LogP contribution in [0.2, 0.25) is 5.02 Å². The number of benzene rings is 2. The maximum atomic E-state index is 14.7. The third-order valence-corrected chi connectivity index (χ3v) is 7.74. The van der Waals surface area contributed by atoms with Crippen molar-refractivity contribution in [3.63, 3.8) is 0 Å². The van der Waals surface area contributed by atoms with E-state index < -0.39 is 17.7 Å². The van der Waals surface area contributed by atoms with Gasteiger partial charge in [0.1, 0.15) is 5.82 Å². The van der Waals surface area contributed by atoms with Crippen LogP contribution in [0, 0.1) is 11.6 Å². The molecule has 0 saturated heterocycles. The van der Waals surface area contributed by atoms with Gasteiger partial charge in [-0.15, -0.1) is 0 Å². The van der Waals surface area contributed by atoms with Gasteiger partial charge in [0.2, 0.25) is 11.8 Å². The molecule has 0 unspecified atom stereocenters. The summed E-state index contributed by atoms with van der Waals surface area (Å²) in [6.07, 6.45) is 5.31. The number of halogens is 3. The van der Waals surface area contributed by atoms with Crippen LogP contribution < -0.4 is 5.32 Å². The number of aromatic nitrogens is 1. The van der Waals surface area contributed by atoms with Crippen molar-refractivity contribution in [1.82, 2.24) is 9.88 Å². The third kappa shape index (κ3) is 6.15. The highest BCUT2D eigenvalue weighted by atomic mass is 35.5. The largest absolute Gasteiger partial charge is 0.469 e. The number of ether oxygens (including phenoxy) is 1. The van der Waals surface area contributed by atoms with Crippen LogP contribution in [-0.4, -0.2) is 41.3 Å². The lowest BCUT2D eigenvalue weighted by molar-refractivity contribution is -0.139. The molecule has 0 spiro atoms. The number of carbonyl (C=O) groups is 3. The number of anilines is 1. The normalized spacial score (nSPS) is 17.5. The zero-order valence-corrected chi connectivity index (χ0v) is 23.1. The smallest absolute Gasteiger partial charge is 0.309 e. The lowest BCUT2D eigenvalue weighted by Crippen LogP contribution is -2.38. The van der Waals surface area contributed by atoms with Crippen molar-refractivity contribution in [2.24, 2.45) is 0 Å². The molecule has 0 saturated carbocycles. The molecule has 7 nitrogen and oxygen atoms in total. The van der Waals surface area contributed by atoms with Gasteiger partial charge in [-0.1, -0.05) is 30.2 Å². The number of fused-ring (bicyclic) bond motifs is 4. The lowest BCUT2D eigenvalue weighted by atomic mass is 9.93. The third-order valence-electron chi connectivity index (χ3n) is 7.44. The van der Waals surface area contributed by atoms with Crippen molar-refractivity contribution in [3.05, 3.63) is 88.2 Å². The van der Waals surface area contributed by atoms with Gasteiger partial charge in [0.05, 0.1) is 35.9 Å². The average molecular weight is 580 g/mol. The number of nitrogens with one attached hydrogen (secondary N) is 1. The van der Waals surface area contributed by atoms with Crippen molar-refractivity contribution in [2.75, 3.05) is 19.0 Å². The van der Waals surface area contributed by atoms with E-state index in [1.165, 1.54) is 13.2 Å². The Kier molecular flexibility index (Phi) is 8.44. The maximum absolute atomic E-state index is 14.7. The molecule has 212 valence electrons. The first-order valence-corrected chi connectivity index (χ1v) is 13.7. The molecule has 2 aliphatic rings. The topological polar surface area (TPSA) is 88.6 Å². The minimum atomic E-state index is -0.883. The molecule has 2 bridgehead atoms. The Morgan fingerprint density at radius 2 is 1.95 bits per heavy atom. The molecule has 3 heterocycles. The Morgan fingerprint density at radius 1 is 1.12 bits per heavy atom. The number of rotatable bonds is 4. The number of pyridine rings is 1. The molecule has 5 rings (SSSR count). The summed E-state index contributed by atoms with van der Waals surface area (Å²) in [4.78, 5) is 44.3. The minimum Gasteiger partial charge on any atom is -0.469 e. The Balaban J connectivity index is 1.50. The van der Waals surface area contributed by atoms with Gasteiger partial charge in [-0.25, -0.2) is 8.78 Å². The minimum absolute atomic E-state index is 0.0683. The summed E-state index contributed by atoms with van der Waals surface area (Å²) >= 11 is 5.88. The van der Waals surface area contributed by atoms with Gasteiger partial charge < -0.3 is 15.0 Å². The van der Waals surface area contributed by atoms with Crippen LogP contribution in [0.4, 0.5) is 14.5 Å². The second-order valence-electron chi connectivity index (χ2n) is 10.1. The van der Waals surface area contributed by atoms with E-state index in [0.717, 1.165) is 23.3 Å². The van der Waals surface area contributed by atoms with E-state index in [0.29, 0.717) is 36.2 Å². The summed E-state index contributed by atoms with van der Waals surface area (Å²) in [5.74, 6) is -2.57. The number of esters is 1. The summed E-state index contributed by atoms with van der Waals surface area (Å²) < 4.78 is 34.0. The number of amides is 2. The van der Waals surface area contributed by atoms with Gasteiger partial charge in [0, 0.05) is 36.5 Å². The fourth-order valence-corrected chi connectivity index (χ4v) is 5.53. The quantitative estimate of drug-likeness (QED) is 0.291. The Labute approximate surface area is 241 Å². The van der Waals surface area contributed by atoms with Crippen LogP contribution in [-0.2, 0) is 25.5 Å². The van der Waals surface area contributed by atoms with Gasteiger partial charge >= 0.3 is 5.97 Å². The van der Waals surface area contributed by atoms with Crippen molar-refractivity contribution in [3.8, 4) is 11.1 Å². The van der Waals surface area contributed by atoms with E-state index >= 15 is 0 Å². The van der Waals surface area contributed by atoms with Crippen LogP contribution in [0.3, 0.4) is 0 Å². The van der Waals surface area contributed by atoms with E-state index in [9.17, 15) is 23.2 Å². The summed E-state index contributed by atoms with van der Waals surface area (Å²) in [6, 6.07) is 10.9. The molecular weight excluding hydrogens is 552 g/mol. The van der Waals surface area contributed by atoms with Crippen molar-refractivity contribution in [2.45, 2.75) is 44.6 Å². The highest BCUT2D eigenvalue weighted by molar-refractivity contribution is 6.31.